The number of para-hydroxylation sites is 1. The van der Waals surface area contributed by atoms with Crippen LogP contribution in [0.2, 0.25) is 10.0 Å². The van der Waals surface area contributed by atoms with E-state index in [0.29, 0.717) is 16.5 Å². The van der Waals surface area contributed by atoms with Crippen LogP contribution in [-0.4, -0.2) is 16.1 Å². The lowest BCUT2D eigenvalue weighted by Gasteiger charge is -2.22. The zero-order valence-electron chi connectivity index (χ0n) is 13.4. The molecule has 0 amide bonds. The summed E-state index contributed by atoms with van der Waals surface area (Å²) < 4.78 is 0. The fourth-order valence-electron chi connectivity index (χ4n) is 3.76. The summed E-state index contributed by atoms with van der Waals surface area (Å²) in [6.45, 7) is 0. The van der Waals surface area contributed by atoms with Crippen molar-refractivity contribution in [1.82, 2.24) is 4.98 Å². The number of carbonyl (C=O) groups is 1. The first kappa shape index (κ1) is 16.5. The molecule has 2 aromatic carbocycles. The molecule has 1 unspecified atom stereocenters. The molecule has 25 heavy (non-hydrogen) atoms. The zero-order valence-corrected chi connectivity index (χ0v) is 14.9. The van der Waals surface area contributed by atoms with Gasteiger partial charge < -0.3 is 10.1 Å². The van der Waals surface area contributed by atoms with Crippen LogP contribution in [0.15, 0.2) is 48.7 Å². The number of fused-ring (bicyclic) bond motifs is 1. The highest BCUT2D eigenvalue weighted by Gasteiger charge is 2.48. The van der Waals surface area contributed by atoms with Crippen molar-refractivity contribution in [2.45, 2.75) is 30.6 Å². The van der Waals surface area contributed by atoms with Gasteiger partial charge in [-0.15, -0.1) is 0 Å². The van der Waals surface area contributed by atoms with Gasteiger partial charge in [0.15, 0.2) is 0 Å². The van der Waals surface area contributed by atoms with Crippen molar-refractivity contribution >= 4 is 40.1 Å². The fraction of sp³-hybridized carbons (Fsp3) is 0.250. The van der Waals surface area contributed by atoms with E-state index >= 15 is 0 Å². The third-order valence-corrected chi connectivity index (χ3v) is 5.79. The Morgan fingerprint density at radius 1 is 1.20 bits per heavy atom. The Labute approximate surface area is 155 Å². The Morgan fingerprint density at radius 3 is 2.64 bits per heavy atom. The molecule has 0 aliphatic heterocycles. The molecule has 1 fully saturated rings. The smallest absolute Gasteiger partial charge is 0.311 e. The normalized spacial score (nSPS) is 16.7. The van der Waals surface area contributed by atoms with E-state index in [9.17, 15) is 9.90 Å². The monoisotopic (exact) mass is 373 g/mol. The van der Waals surface area contributed by atoms with Crippen molar-refractivity contribution in [2.24, 2.45) is 0 Å². The molecule has 3 nitrogen and oxygen atoms in total. The van der Waals surface area contributed by atoms with Gasteiger partial charge in [-0.05, 0) is 54.0 Å². The quantitative estimate of drug-likeness (QED) is 0.596. The number of H-pyrrole nitrogens is 1. The predicted octanol–water partition coefficient (Wildman–Crippen LogP) is 5.76. The summed E-state index contributed by atoms with van der Waals surface area (Å²) in [4.78, 5) is 15.2. The van der Waals surface area contributed by atoms with Crippen LogP contribution in [0.25, 0.3) is 10.9 Å². The first-order valence-electron chi connectivity index (χ1n) is 8.24. The van der Waals surface area contributed by atoms with Gasteiger partial charge in [-0.3, -0.25) is 4.79 Å². The van der Waals surface area contributed by atoms with Crippen LogP contribution in [-0.2, 0) is 10.2 Å². The van der Waals surface area contributed by atoms with Crippen molar-refractivity contribution in [2.75, 3.05) is 0 Å². The molecule has 1 atom stereocenters. The summed E-state index contributed by atoms with van der Waals surface area (Å²) in [6, 6.07) is 13.3. The molecule has 1 heterocycles. The maximum Gasteiger partial charge on any atom is 0.311 e. The van der Waals surface area contributed by atoms with Gasteiger partial charge in [0.1, 0.15) is 0 Å². The van der Waals surface area contributed by atoms with Crippen molar-refractivity contribution in [1.29, 1.82) is 0 Å². The second-order valence-corrected chi connectivity index (χ2v) is 7.63. The molecule has 5 heteroatoms. The van der Waals surface area contributed by atoms with Crippen LogP contribution >= 0.6 is 23.2 Å². The third kappa shape index (κ3) is 2.92. The summed E-state index contributed by atoms with van der Waals surface area (Å²) in [5, 5.41) is 12.1. The maximum atomic E-state index is 12.0. The van der Waals surface area contributed by atoms with Crippen LogP contribution < -0.4 is 0 Å². The number of hydrogen-bond acceptors (Lipinski definition) is 1. The van der Waals surface area contributed by atoms with E-state index in [2.05, 4.69) is 4.98 Å². The van der Waals surface area contributed by atoms with Crippen LogP contribution in [0.5, 0.6) is 0 Å². The fourth-order valence-corrected chi connectivity index (χ4v) is 4.37. The summed E-state index contributed by atoms with van der Waals surface area (Å²) in [5.74, 6) is -1.38. The molecule has 1 saturated carbocycles. The second-order valence-electron chi connectivity index (χ2n) is 6.79. The number of aromatic nitrogens is 1. The van der Waals surface area contributed by atoms with Gasteiger partial charge in [-0.2, -0.15) is 0 Å². The number of hydrogen-bond donors (Lipinski definition) is 2. The van der Waals surface area contributed by atoms with Gasteiger partial charge in [0.25, 0.3) is 0 Å². The van der Waals surface area contributed by atoms with E-state index in [0.717, 1.165) is 34.9 Å². The molecule has 2 N–H and O–H groups in total. The van der Waals surface area contributed by atoms with Gasteiger partial charge in [0.05, 0.1) is 5.92 Å². The Hall–Kier alpha value is -1.97. The largest absolute Gasteiger partial charge is 0.481 e. The molecule has 0 bridgehead atoms. The molecular formula is C20H17Cl2NO2. The Morgan fingerprint density at radius 2 is 1.96 bits per heavy atom. The minimum atomic E-state index is -0.805. The lowest BCUT2D eigenvalue weighted by molar-refractivity contribution is -0.139. The molecule has 4 rings (SSSR count). The summed E-state index contributed by atoms with van der Waals surface area (Å²) in [5.41, 5.74) is 2.62. The van der Waals surface area contributed by atoms with Crippen LogP contribution in [0, 0.1) is 0 Å². The number of carboxylic acids is 1. The Kier molecular flexibility index (Phi) is 4.01. The average molecular weight is 374 g/mol. The maximum absolute atomic E-state index is 12.0. The highest BCUT2D eigenvalue weighted by atomic mass is 35.5. The number of aromatic amines is 1. The van der Waals surface area contributed by atoms with E-state index in [-0.39, 0.29) is 5.41 Å². The summed E-state index contributed by atoms with van der Waals surface area (Å²) in [7, 11) is 0. The van der Waals surface area contributed by atoms with E-state index in [1.165, 1.54) is 0 Å². The average Bonchev–Trinajstić information content (AvgIpc) is 3.23. The number of benzene rings is 2. The molecule has 1 aliphatic carbocycles. The van der Waals surface area contributed by atoms with Crippen LogP contribution in [0.3, 0.4) is 0 Å². The second kappa shape index (κ2) is 6.08. The highest BCUT2D eigenvalue weighted by molar-refractivity contribution is 6.35. The number of carboxylic acid groups (broad SMARTS) is 1. The molecule has 0 saturated heterocycles. The molecule has 0 spiro atoms. The molecule has 3 aromatic rings. The Balaban J connectivity index is 1.72. The minimum absolute atomic E-state index is 0.177. The Bertz CT molecular complexity index is 959. The van der Waals surface area contributed by atoms with Gasteiger partial charge in [0, 0.05) is 27.1 Å². The number of aliphatic carboxylic acids is 1. The summed E-state index contributed by atoms with van der Waals surface area (Å²) >= 11 is 12.4. The minimum Gasteiger partial charge on any atom is -0.481 e. The van der Waals surface area contributed by atoms with Gasteiger partial charge in [0.2, 0.25) is 0 Å². The molecule has 0 radical (unpaired) electrons. The van der Waals surface area contributed by atoms with Gasteiger partial charge >= 0.3 is 5.97 Å². The topological polar surface area (TPSA) is 53.1 Å². The predicted molar refractivity (Wildman–Crippen MR) is 101 cm³/mol. The van der Waals surface area contributed by atoms with Crippen molar-refractivity contribution in [3.05, 3.63) is 69.8 Å². The lowest BCUT2D eigenvalue weighted by Crippen LogP contribution is -2.19. The number of halogens is 2. The van der Waals surface area contributed by atoms with Gasteiger partial charge in [-0.1, -0.05) is 47.5 Å². The van der Waals surface area contributed by atoms with E-state index in [4.69, 9.17) is 23.2 Å². The standard InChI is InChI=1S/C20H17Cl2NO2/c21-12-5-6-16(17(22)9-12)20(7-8-20)10-14(19(24)25)15-11-23-18-4-2-1-3-13(15)18/h1-6,9,11,14,23H,7-8,10H2,(H,24,25). The first-order chi connectivity index (χ1) is 12.0. The number of nitrogens with one attached hydrogen (secondary N) is 1. The van der Waals surface area contributed by atoms with E-state index < -0.39 is 11.9 Å². The van der Waals surface area contributed by atoms with E-state index in [1.54, 1.807) is 6.07 Å². The van der Waals surface area contributed by atoms with Crippen molar-refractivity contribution in [3.8, 4) is 0 Å². The molecular weight excluding hydrogens is 357 g/mol. The zero-order chi connectivity index (χ0) is 17.6. The molecule has 128 valence electrons. The first-order valence-corrected chi connectivity index (χ1v) is 9.00. The van der Waals surface area contributed by atoms with Gasteiger partial charge in [-0.25, -0.2) is 0 Å². The highest BCUT2D eigenvalue weighted by Crippen LogP contribution is 2.56. The number of rotatable bonds is 5. The SMILES string of the molecule is O=C(O)C(CC1(c2ccc(Cl)cc2Cl)CC1)c1c[nH]c2ccccc12. The van der Waals surface area contributed by atoms with Crippen molar-refractivity contribution in [3.63, 3.8) is 0 Å². The summed E-state index contributed by atoms with van der Waals surface area (Å²) in [6.07, 6.45) is 4.25. The third-order valence-electron chi connectivity index (χ3n) is 5.25. The van der Waals surface area contributed by atoms with Crippen LogP contribution in [0.4, 0.5) is 0 Å². The lowest BCUT2D eigenvalue weighted by atomic mass is 9.82. The molecule has 1 aromatic heterocycles. The molecule has 1 aliphatic rings. The van der Waals surface area contributed by atoms with Crippen LogP contribution in [0.1, 0.15) is 36.3 Å². The van der Waals surface area contributed by atoms with E-state index in [1.807, 2.05) is 42.6 Å². The van der Waals surface area contributed by atoms with Crippen molar-refractivity contribution < 1.29 is 9.90 Å².